The van der Waals surface area contributed by atoms with E-state index in [9.17, 15) is 22.4 Å². The predicted molar refractivity (Wildman–Crippen MR) is 97.3 cm³/mol. The topological polar surface area (TPSA) is 60.5 Å². The third-order valence-corrected chi connectivity index (χ3v) is 4.20. The van der Waals surface area contributed by atoms with Crippen LogP contribution in [-0.2, 0) is 12.7 Å². The maximum absolute atomic E-state index is 13.2. The van der Waals surface area contributed by atoms with Gasteiger partial charge in [-0.1, -0.05) is 18.2 Å². The fraction of sp³-hybridized carbons (Fsp3) is 0.200. The van der Waals surface area contributed by atoms with Crippen molar-refractivity contribution in [2.75, 3.05) is 7.11 Å². The van der Waals surface area contributed by atoms with Crippen molar-refractivity contribution in [1.29, 1.82) is 0 Å². The molecule has 0 bridgehead atoms. The Labute approximate surface area is 163 Å². The Morgan fingerprint density at radius 1 is 1.17 bits per heavy atom. The van der Waals surface area contributed by atoms with Crippen LogP contribution in [0.4, 0.5) is 22.4 Å². The number of alkyl halides is 3. The zero-order chi connectivity index (χ0) is 21.2. The maximum Gasteiger partial charge on any atom is 0.416 e. The minimum atomic E-state index is -4.51. The van der Waals surface area contributed by atoms with E-state index in [1.807, 2.05) is 0 Å². The van der Waals surface area contributed by atoms with Crippen molar-refractivity contribution in [3.8, 4) is 11.6 Å². The smallest absolute Gasteiger partial charge is 0.416 e. The van der Waals surface area contributed by atoms with E-state index >= 15 is 0 Å². The molecule has 3 rings (SSSR count). The largest absolute Gasteiger partial charge is 0.478 e. The Kier molecular flexibility index (Phi) is 5.58. The van der Waals surface area contributed by atoms with Crippen LogP contribution in [0.2, 0.25) is 0 Å². The van der Waals surface area contributed by atoms with Gasteiger partial charge in [0.15, 0.2) is 5.75 Å². The van der Waals surface area contributed by atoms with Gasteiger partial charge >= 0.3 is 12.3 Å². The van der Waals surface area contributed by atoms with Crippen LogP contribution in [0.15, 0.2) is 42.5 Å². The van der Waals surface area contributed by atoms with Gasteiger partial charge in [-0.05, 0) is 36.8 Å². The molecule has 0 atom stereocenters. The number of nitrogens with one attached hydrogen (secondary N) is 1. The number of rotatable bonds is 4. The monoisotopic (exact) mass is 408 g/mol. The van der Waals surface area contributed by atoms with E-state index in [0.717, 1.165) is 12.1 Å². The number of hydrogen-bond acceptors (Lipinski definition) is 4. The number of aryl methyl sites for hydroxylation is 1. The molecule has 2 aromatic carbocycles. The molecule has 0 aliphatic rings. The molecule has 1 amide bonds. The highest BCUT2D eigenvalue weighted by Gasteiger charge is 2.31. The summed E-state index contributed by atoms with van der Waals surface area (Å²) >= 11 is 0. The summed E-state index contributed by atoms with van der Waals surface area (Å²) in [7, 11) is 1.26. The summed E-state index contributed by atoms with van der Waals surface area (Å²) in [5, 5.41) is 2.85. The first-order chi connectivity index (χ1) is 13.7. The van der Waals surface area contributed by atoms with Crippen LogP contribution in [-0.4, -0.2) is 18.2 Å². The van der Waals surface area contributed by atoms with Crippen LogP contribution >= 0.6 is 0 Å². The zero-order valence-electron chi connectivity index (χ0n) is 15.4. The number of hydrogen-bond donors (Lipinski definition) is 1. The lowest BCUT2D eigenvalue weighted by atomic mass is 10.1. The fourth-order valence-electron chi connectivity index (χ4n) is 2.77. The van der Waals surface area contributed by atoms with Gasteiger partial charge in [-0.25, -0.2) is 14.2 Å². The summed E-state index contributed by atoms with van der Waals surface area (Å²) in [6.45, 7) is 1.60. The van der Waals surface area contributed by atoms with Gasteiger partial charge in [-0.2, -0.15) is 13.2 Å². The van der Waals surface area contributed by atoms with Crippen molar-refractivity contribution in [3.63, 3.8) is 0 Å². The number of carbonyl (C=O) groups excluding carboxylic acids is 1. The number of halogens is 4. The van der Waals surface area contributed by atoms with Gasteiger partial charge < -0.3 is 14.8 Å². The summed E-state index contributed by atoms with van der Waals surface area (Å²) in [6.07, 6.45) is -5.35. The third kappa shape index (κ3) is 4.56. The number of pyridine rings is 1. The lowest BCUT2D eigenvalue weighted by molar-refractivity contribution is -0.137. The molecule has 3 aromatic rings. The highest BCUT2D eigenvalue weighted by Crippen LogP contribution is 2.37. The van der Waals surface area contributed by atoms with Gasteiger partial charge in [-0.3, -0.25) is 0 Å². The van der Waals surface area contributed by atoms with Crippen LogP contribution in [0.25, 0.3) is 10.9 Å². The zero-order valence-corrected chi connectivity index (χ0v) is 15.4. The fourth-order valence-corrected chi connectivity index (χ4v) is 2.77. The van der Waals surface area contributed by atoms with Crippen molar-refractivity contribution in [3.05, 3.63) is 65.0 Å². The molecule has 0 unspecified atom stereocenters. The molecule has 0 radical (unpaired) electrons. The van der Waals surface area contributed by atoms with E-state index in [2.05, 4.69) is 10.3 Å². The van der Waals surface area contributed by atoms with E-state index < -0.39 is 23.7 Å². The molecule has 0 spiro atoms. The van der Waals surface area contributed by atoms with Gasteiger partial charge in [0.25, 0.3) is 5.88 Å². The summed E-state index contributed by atoms with van der Waals surface area (Å²) < 4.78 is 62.4. The first kappa shape index (κ1) is 20.4. The molecule has 29 heavy (non-hydrogen) atoms. The van der Waals surface area contributed by atoms with Gasteiger partial charge in [-0.15, -0.1) is 0 Å². The molecule has 152 valence electrons. The molecule has 1 N–H and O–H groups in total. The standard InChI is InChI=1S/C20H16F4N2O3/c1-11-15-7-6-13(20(22,23)24)9-16(15)26-18(28-2)17(11)29-19(27)25-10-12-4-3-5-14(21)8-12/h3-9H,10H2,1-2H3,(H,25,27). The number of methoxy groups -OCH3 is 1. The SMILES string of the molecule is COc1nc2cc(C(F)(F)F)ccc2c(C)c1OC(=O)NCc1cccc(F)c1. The van der Waals surface area contributed by atoms with Crippen molar-refractivity contribution in [2.45, 2.75) is 19.6 Å². The Hall–Kier alpha value is -3.36. The summed E-state index contributed by atoms with van der Waals surface area (Å²) in [5.41, 5.74) is 0.130. The minimum absolute atomic E-state index is 0.0171. The number of nitrogens with zero attached hydrogens (tertiary/aromatic N) is 1. The van der Waals surface area contributed by atoms with Crippen LogP contribution in [0.1, 0.15) is 16.7 Å². The van der Waals surface area contributed by atoms with Crippen molar-refractivity contribution < 1.29 is 31.8 Å². The van der Waals surface area contributed by atoms with Crippen molar-refractivity contribution in [1.82, 2.24) is 10.3 Å². The summed E-state index contributed by atoms with van der Waals surface area (Å²) in [5.74, 6) is -0.584. The Balaban J connectivity index is 1.86. The quantitative estimate of drug-likeness (QED) is 0.618. The second-order valence-electron chi connectivity index (χ2n) is 6.18. The van der Waals surface area contributed by atoms with E-state index in [0.29, 0.717) is 16.5 Å². The molecule has 0 aliphatic heterocycles. The number of fused-ring (bicyclic) bond motifs is 1. The number of ether oxygens (including phenoxy) is 2. The van der Waals surface area contributed by atoms with Gasteiger partial charge in [0.1, 0.15) is 5.82 Å². The molecule has 1 heterocycles. The van der Waals surface area contributed by atoms with E-state index in [-0.39, 0.29) is 23.7 Å². The lowest BCUT2D eigenvalue weighted by Crippen LogP contribution is -2.26. The minimum Gasteiger partial charge on any atom is -0.478 e. The van der Waals surface area contributed by atoms with Crippen LogP contribution in [0, 0.1) is 12.7 Å². The van der Waals surface area contributed by atoms with Gasteiger partial charge in [0.2, 0.25) is 0 Å². The van der Waals surface area contributed by atoms with E-state index in [1.165, 1.54) is 31.4 Å². The first-order valence-corrected chi connectivity index (χ1v) is 8.44. The predicted octanol–water partition coefficient (Wildman–Crippen LogP) is 5.00. The van der Waals surface area contributed by atoms with E-state index in [1.54, 1.807) is 13.0 Å². The van der Waals surface area contributed by atoms with Crippen molar-refractivity contribution >= 4 is 17.0 Å². The highest BCUT2D eigenvalue weighted by atomic mass is 19.4. The first-order valence-electron chi connectivity index (χ1n) is 8.44. The highest BCUT2D eigenvalue weighted by molar-refractivity contribution is 5.87. The number of aromatic nitrogens is 1. The molecule has 0 aliphatic carbocycles. The van der Waals surface area contributed by atoms with Crippen LogP contribution in [0.3, 0.4) is 0 Å². The number of carbonyl (C=O) groups is 1. The molecule has 0 fully saturated rings. The molecular weight excluding hydrogens is 392 g/mol. The lowest BCUT2D eigenvalue weighted by Gasteiger charge is -2.15. The third-order valence-electron chi connectivity index (χ3n) is 4.20. The van der Waals surface area contributed by atoms with Crippen LogP contribution < -0.4 is 14.8 Å². The number of amides is 1. The van der Waals surface area contributed by atoms with Gasteiger partial charge in [0, 0.05) is 17.5 Å². The average Bonchev–Trinajstić information content (AvgIpc) is 2.67. The normalized spacial score (nSPS) is 11.4. The molecule has 1 aromatic heterocycles. The summed E-state index contributed by atoms with van der Waals surface area (Å²) in [4.78, 5) is 16.2. The maximum atomic E-state index is 13.2. The molecule has 0 saturated heterocycles. The number of benzene rings is 2. The van der Waals surface area contributed by atoms with E-state index in [4.69, 9.17) is 9.47 Å². The molecule has 0 saturated carbocycles. The Morgan fingerprint density at radius 3 is 2.59 bits per heavy atom. The van der Waals surface area contributed by atoms with Crippen molar-refractivity contribution in [2.24, 2.45) is 0 Å². The van der Waals surface area contributed by atoms with Crippen LogP contribution in [0.5, 0.6) is 11.6 Å². The Morgan fingerprint density at radius 2 is 1.93 bits per heavy atom. The Bertz CT molecular complexity index is 1070. The second kappa shape index (κ2) is 7.94. The summed E-state index contributed by atoms with van der Waals surface area (Å²) in [6, 6.07) is 8.77. The molecule has 9 heteroatoms. The molecule has 5 nitrogen and oxygen atoms in total. The van der Waals surface area contributed by atoms with Gasteiger partial charge in [0.05, 0.1) is 18.2 Å². The average molecular weight is 408 g/mol. The second-order valence-corrected chi connectivity index (χ2v) is 6.18. The molecular formula is C20H16F4N2O3.